The van der Waals surface area contributed by atoms with Gasteiger partial charge >= 0.3 is 0 Å². The van der Waals surface area contributed by atoms with Crippen LogP contribution in [0.5, 0.6) is 5.75 Å². The molecule has 1 saturated carbocycles. The van der Waals surface area contributed by atoms with E-state index in [4.69, 9.17) is 4.74 Å². The summed E-state index contributed by atoms with van der Waals surface area (Å²) in [5.41, 5.74) is 0.756. The highest BCUT2D eigenvalue weighted by Crippen LogP contribution is 2.31. The first kappa shape index (κ1) is 9.06. The number of amides is 1. The first-order valence-corrected chi connectivity index (χ1v) is 4.75. The largest absolute Gasteiger partial charge is 0.495 e. The van der Waals surface area contributed by atoms with Crippen LogP contribution in [0, 0.1) is 5.92 Å². The van der Waals surface area contributed by atoms with Crippen molar-refractivity contribution >= 4 is 11.6 Å². The standard InChI is InChI=1S/C11H13NO2/c1-14-10-5-3-2-4-9(10)12-11(13)8-6-7-8/h2-5,8H,6-7H2,1H3,(H,12,13). The van der Waals surface area contributed by atoms with Gasteiger partial charge in [-0.25, -0.2) is 0 Å². The van der Waals surface area contributed by atoms with E-state index in [1.165, 1.54) is 0 Å². The number of hydrogen-bond acceptors (Lipinski definition) is 2. The second kappa shape index (κ2) is 3.70. The minimum atomic E-state index is 0.106. The fourth-order valence-corrected chi connectivity index (χ4v) is 1.33. The van der Waals surface area contributed by atoms with Crippen molar-refractivity contribution in [2.45, 2.75) is 12.8 Å². The monoisotopic (exact) mass is 191 g/mol. The van der Waals surface area contributed by atoms with Gasteiger partial charge < -0.3 is 10.1 Å². The average Bonchev–Trinajstić information content (AvgIpc) is 3.02. The van der Waals surface area contributed by atoms with Crippen LogP contribution in [0.25, 0.3) is 0 Å². The molecule has 14 heavy (non-hydrogen) atoms. The number of rotatable bonds is 3. The van der Waals surface area contributed by atoms with Crippen LogP contribution < -0.4 is 10.1 Å². The molecule has 0 aromatic heterocycles. The van der Waals surface area contributed by atoms with E-state index in [0.29, 0.717) is 5.75 Å². The lowest BCUT2D eigenvalue weighted by Gasteiger charge is -2.08. The van der Waals surface area contributed by atoms with Crippen LogP contribution in [0.1, 0.15) is 12.8 Å². The predicted molar refractivity (Wildman–Crippen MR) is 54.3 cm³/mol. The summed E-state index contributed by atoms with van der Waals surface area (Å²) in [6.07, 6.45) is 2.03. The Bertz CT molecular complexity index is 345. The number of carbonyl (C=O) groups excluding carboxylic acids is 1. The molecule has 1 N–H and O–H groups in total. The van der Waals surface area contributed by atoms with E-state index < -0.39 is 0 Å². The molecule has 0 aliphatic heterocycles. The van der Waals surface area contributed by atoms with Crippen molar-refractivity contribution in [3.63, 3.8) is 0 Å². The number of anilines is 1. The second-order valence-electron chi connectivity index (χ2n) is 3.46. The van der Waals surface area contributed by atoms with Gasteiger partial charge in [-0.15, -0.1) is 0 Å². The van der Waals surface area contributed by atoms with Crippen molar-refractivity contribution in [1.82, 2.24) is 0 Å². The van der Waals surface area contributed by atoms with Crippen molar-refractivity contribution in [2.75, 3.05) is 12.4 Å². The van der Waals surface area contributed by atoms with E-state index in [0.717, 1.165) is 18.5 Å². The number of hydrogen-bond donors (Lipinski definition) is 1. The van der Waals surface area contributed by atoms with Crippen LogP contribution >= 0.6 is 0 Å². The first-order chi connectivity index (χ1) is 6.81. The lowest BCUT2D eigenvalue weighted by Crippen LogP contribution is -2.13. The van der Waals surface area contributed by atoms with Gasteiger partial charge in [0.15, 0.2) is 0 Å². The Kier molecular flexibility index (Phi) is 2.39. The zero-order valence-corrected chi connectivity index (χ0v) is 8.12. The lowest BCUT2D eigenvalue weighted by atomic mass is 10.2. The average molecular weight is 191 g/mol. The van der Waals surface area contributed by atoms with E-state index in [2.05, 4.69) is 5.32 Å². The summed E-state index contributed by atoms with van der Waals surface area (Å²) in [6.45, 7) is 0. The summed E-state index contributed by atoms with van der Waals surface area (Å²) in [5, 5.41) is 2.86. The molecule has 74 valence electrons. The quantitative estimate of drug-likeness (QED) is 0.794. The highest BCUT2D eigenvalue weighted by molar-refractivity contribution is 5.95. The van der Waals surface area contributed by atoms with Crippen LogP contribution in [0.15, 0.2) is 24.3 Å². The Morgan fingerprint density at radius 3 is 2.79 bits per heavy atom. The number of carbonyl (C=O) groups is 1. The summed E-state index contributed by atoms with van der Waals surface area (Å²) in [7, 11) is 1.60. The molecule has 1 amide bonds. The molecule has 1 aromatic rings. The molecule has 1 fully saturated rings. The fraction of sp³-hybridized carbons (Fsp3) is 0.364. The van der Waals surface area contributed by atoms with Crippen LogP contribution in [-0.2, 0) is 4.79 Å². The maximum Gasteiger partial charge on any atom is 0.227 e. The number of para-hydroxylation sites is 2. The fourth-order valence-electron chi connectivity index (χ4n) is 1.33. The highest BCUT2D eigenvalue weighted by Gasteiger charge is 2.29. The molecule has 0 spiro atoms. The molecule has 0 bridgehead atoms. The summed E-state index contributed by atoms with van der Waals surface area (Å²) < 4.78 is 5.13. The van der Waals surface area contributed by atoms with Gasteiger partial charge in [0, 0.05) is 5.92 Å². The van der Waals surface area contributed by atoms with Crippen LogP contribution in [0.2, 0.25) is 0 Å². The van der Waals surface area contributed by atoms with E-state index in [1.54, 1.807) is 7.11 Å². The third-order valence-electron chi connectivity index (χ3n) is 2.31. The Labute approximate surface area is 83.1 Å². The van der Waals surface area contributed by atoms with Crippen molar-refractivity contribution < 1.29 is 9.53 Å². The first-order valence-electron chi connectivity index (χ1n) is 4.75. The maximum atomic E-state index is 11.5. The zero-order chi connectivity index (χ0) is 9.97. The molecule has 3 heteroatoms. The van der Waals surface area contributed by atoms with Gasteiger partial charge in [-0.2, -0.15) is 0 Å². The predicted octanol–water partition coefficient (Wildman–Crippen LogP) is 2.04. The minimum absolute atomic E-state index is 0.106. The molecule has 2 rings (SSSR count). The summed E-state index contributed by atoms with van der Waals surface area (Å²) >= 11 is 0. The van der Waals surface area contributed by atoms with Crippen molar-refractivity contribution in [3.8, 4) is 5.75 Å². The molecule has 1 aromatic carbocycles. The van der Waals surface area contributed by atoms with Crippen molar-refractivity contribution in [1.29, 1.82) is 0 Å². The molecule has 0 saturated heterocycles. The van der Waals surface area contributed by atoms with Crippen molar-refractivity contribution in [3.05, 3.63) is 24.3 Å². The molecule has 0 heterocycles. The SMILES string of the molecule is COc1ccccc1NC(=O)C1CC1. The van der Waals surface area contributed by atoms with Gasteiger partial charge in [0.2, 0.25) is 5.91 Å². The van der Waals surface area contributed by atoms with Gasteiger partial charge in [0.25, 0.3) is 0 Å². The molecule has 1 aliphatic carbocycles. The molecule has 0 radical (unpaired) electrons. The van der Waals surface area contributed by atoms with Crippen LogP contribution in [0.4, 0.5) is 5.69 Å². The van der Waals surface area contributed by atoms with Crippen molar-refractivity contribution in [2.24, 2.45) is 5.92 Å². The zero-order valence-electron chi connectivity index (χ0n) is 8.12. The van der Waals surface area contributed by atoms with Gasteiger partial charge in [-0.1, -0.05) is 12.1 Å². The van der Waals surface area contributed by atoms with E-state index in [-0.39, 0.29) is 11.8 Å². The van der Waals surface area contributed by atoms with Crippen LogP contribution in [0.3, 0.4) is 0 Å². The molecule has 0 unspecified atom stereocenters. The number of nitrogens with one attached hydrogen (secondary N) is 1. The highest BCUT2D eigenvalue weighted by atomic mass is 16.5. The molecular weight excluding hydrogens is 178 g/mol. The molecular formula is C11H13NO2. The molecule has 3 nitrogen and oxygen atoms in total. The lowest BCUT2D eigenvalue weighted by molar-refractivity contribution is -0.117. The number of benzene rings is 1. The minimum Gasteiger partial charge on any atom is -0.495 e. The van der Waals surface area contributed by atoms with Gasteiger partial charge in [0.05, 0.1) is 12.8 Å². The van der Waals surface area contributed by atoms with E-state index >= 15 is 0 Å². The number of ether oxygens (including phenoxy) is 1. The molecule has 1 aliphatic rings. The Morgan fingerprint density at radius 2 is 2.14 bits per heavy atom. The topological polar surface area (TPSA) is 38.3 Å². The third-order valence-corrected chi connectivity index (χ3v) is 2.31. The summed E-state index contributed by atoms with van der Waals surface area (Å²) in [5.74, 6) is 1.04. The van der Waals surface area contributed by atoms with E-state index in [9.17, 15) is 4.79 Å². The smallest absolute Gasteiger partial charge is 0.227 e. The van der Waals surface area contributed by atoms with E-state index in [1.807, 2.05) is 24.3 Å². The Morgan fingerprint density at radius 1 is 1.43 bits per heavy atom. The third kappa shape index (κ3) is 1.87. The maximum absolute atomic E-state index is 11.5. The summed E-state index contributed by atoms with van der Waals surface area (Å²) in [6, 6.07) is 7.44. The second-order valence-corrected chi connectivity index (χ2v) is 3.46. The number of methoxy groups -OCH3 is 1. The van der Waals surface area contributed by atoms with Gasteiger partial charge in [0.1, 0.15) is 5.75 Å². The Hall–Kier alpha value is -1.51. The summed E-state index contributed by atoms with van der Waals surface area (Å²) in [4.78, 5) is 11.5. The van der Waals surface area contributed by atoms with Gasteiger partial charge in [-0.05, 0) is 25.0 Å². The molecule has 0 atom stereocenters. The Balaban J connectivity index is 2.10. The van der Waals surface area contributed by atoms with Crippen LogP contribution in [-0.4, -0.2) is 13.0 Å². The normalized spacial score (nSPS) is 14.9. The van der Waals surface area contributed by atoms with Gasteiger partial charge in [-0.3, -0.25) is 4.79 Å².